The van der Waals surface area contributed by atoms with Gasteiger partial charge in [0, 0.05) is 30.0 Å². The molecule has 0 amide bonds. The molecule has 0 radical (unpaired) electrons. The number of rotatable bonds is 6. The second-order valence-electron chi connectivity index (χ2n) is 8.26. The van der Waals surface area contributed by atoms with Crippen molar-refractivity contribution >= 4 is 33.6 Å². The molecule has 2 unspecified atom stereocenters. The Balaban J connectivity index is 1.57. The molecule has 1 aliphatic heterocycles. The van der Waals surface area contributed by atoms with Gasteiger partial charge in [0.15, 0.2) is 6.23 Å². The van der Waals surface area contributed by atoms with Crippen molar-refractivity contribution in [2.24, 2.45) is 0 Å². The predicted molar refractivity (Wildman–Crippen MR) is 125 cm³/mol. The van der Waals surface area contributed by atoms with Crippen LogP contribution in [0.15, 0.2) is 36.7 Å². The van der Waals surface area contributed by atoms with Crippen LogP contribution in [0.1, 0.15) is 51.8 Å². The van der Waals surface area contributed by atoms with Gasteiger partial charge in [-0.1, -0.05) is 13.0 Å². The lowest BCUT2D eigenvalue weighted by atomic mass is 10.1. The summed E-state index contributed by atoms with van der Waals surface area (Å²) in [6.45, 7) is 4.81. The van der Waals surface area contributed by atoms with Crippen molar-refractivity contribution in [1.82, 2.24) is 24.5 Å². The average molecular weight is 449 g/mol. The molecule has 1 aromatic carbocycles. The molecule has 2 atom stereocenters. The van der Waals surface area contributed by atoms with Crippen LogP contribution >= 0.6 is 0 Å². The summed E-state index contributed by atoms with van der Waals surface area (Å²) in [7, 11) is 0. The number of carbonyl (C=O) groups excluding carboxylic acids is 1. The van der Waals surface area contributed by atoms with Crippen LogP contribution < -0.4 is 5.73 Å². The van der Waals surface area contributed by atoms with Crippen molar-refractivity contribution in [1.29, 1.82) is 0 Å². The van der Waals surface area contributed by atoms with Gasteiger partial charge >= 0.3 is 5.97 Å². The van der Waals surface area contributed by atoms with Gasteiger partial charge in [0.25, 0.3) is 0 Å². The molecule has 1 saturated heterocycles. The van der Waals surface area contributed by atoms with Gasteiger partial charge in [-0.2, -0.15) is 10.2 Å². The smallest absolute Gasteiger partial charge is 0.330 e. The number of nitrogens with zero attached hydrogens (tertiary/aromatic N) is 5. The van der Waals surface area contributed by atoms with Gasteiger partial charge in [-0.15, -0.1) is 0 Å². The summed E-state index contributed by atoms with van der Waals surface area (Å²) < 4.78 is 14.7. The maximum atomic E-state index is 12.4. The van der Waals surface area contributed by atoms with Gasteiger partial charge in [0.1, 0.15) is 17.4 Å². The molecule has 4 aromatic rings. The first-order valence-corrected chi connectivity index (χ1v) is 11.5. The fraction of sp³-hybridized carbons (Fsp3) is 0.417. The van der Waals surface area contributed by atoms with Gasteiger partial charge in [0.2, 0.25) is 0 Å². The zero-order valence-electron chi connectivity index (χ0n) is 18.9. The van der Waals surface area contributed by atoms with E-state index in [0.717, 1.165) is 58.9 Å². The SMILES string of the molecule is CCOC(=O)C(CC)n1cc2c(N)nc3cc(-c4ccnn4C4CCCCO4)ccc3c2n1. The number of hydrogen-bond donors (Lipinski definition) is 1. The zero-order valence-corrected chi connectivity index (χ0v) is 18.9. The van der Waals surface area contributed by atoms with Crippen LogP contribution in [-0.2, 0) is 14.3 Å². The highest BCUT2D eigenvalue weighted by Crippen LogP contribution is 2.33. The van der Waals surface area contributed by atoms with E-state index < -0.39 is 6.04 Å². The summed E-state index contributed by atoms with van der Waals surface area (Å²) in [6, 6.07) is 7.53. The molecule has 1 aliphatic rings. The lowest BCUT2D eigenvalue weighted by Gasteiger charge is -2.24. The summed E-state index contributed by atoms with van der Waals surface area (Å²) in [6.07, 6.45) is 7.26. The van der Waals surface area contributed by atoms with E-state index in [2.05, 4.69) is 10.1 Å². The summed E-state index contributed by atoms with van der Waals surface area (Å²) in [5.41, 5.74) is 9.73. The van der Waals surface area contributed by atoms with Crippen LogP contribution in [0.4, 0.5) is 5.82 Å². The fourth-order valence-electron chi connectivity index (χ4n) is 4.50. The number of ether oxygens (including phenoxy) is 2. The number of esters is 1. The molecule has 3 aromatic heterocycles. The normalized spacial score (nSPS) is 17.5. The molecule has 0 bridgehead atoms. The largest absolute Gasteiger partial charge is 0.464 e. The third-order valence-corrected chi connectivity index (χ3v) is 6.16. The van der Waals surface area contributed by atoms with E-state index in [-0.39, 0.29) is 12.2 Å². The molecular weight excluding hydrogens is 420 g/mol. The number of nitrogens with two attached hydrogens (primary N) is 1. The summed E-state index contributed by atoms with van der Waals surface area (Å²) in [5, 5.41) is 10.8. The van der Waals surface area contributed by atoms with Gasteiger partial charge in [0.05, 0.1) is 23.2 Å². The van der Waals surface area contributed by atoms with E-state index in [0.29, 0.717) is 18.8 Å². The molecule has 0 aliphatic carbocycles. The first kappa shape index (κ1) is 21.4. The van der Waals surface area contributed by atoms with Crippen LogP contribution in [0.5, 0.6) is 0 Å². The van der Waals surface area contributed by atoms with E-state index >= 15 is 0 Å². The highest BCUT2D eigenvalue weighted by molar-refractivity contribution is 6.08. The number of nitrogen functional groups attached to an aromatic ring is 1. The number of benzene rings is 1. The maximum Gasteiger partial charge on any atom is 0.330 e. The standard InChI is InChI=1S/C24H28N6O3/c1-3-19(24(31)32-4-2)29-14-17-22(28-29)16-9-8-15(13-18(16)27-23(17)25)20-10-11-26-30(20)21-7-5-6-12-33-21/h8-11,13-14,19,21H,3-7,12H2,1-2H3,(H2,25,27). The van der Waals surface area contributed by atoms with E-state index in [1.165, 1.54) is 0 Å². The summed E-state index contributed by atoms with van der Waals surface area (Å²) in [5.74, 6) is 0.0767. The fourth-order valence-corrected chi connectivity index (χ4v) is 4.50. The van der Waals surface area contributed by atoms with Crippen molar-refractivity contribution in [2.75, 3.05) is 18.9 Å². The van der Waals surface area contributed by atoms with Crippen molar-refractivity contribution in [2.45, 2.75) is 51.8 Å². The summed E-state index contributed by atoms with van der Waals surface area (Å²) in [4.78, 5) is 17.0. The Kier molecular flexibility index (Phi) is 5.72. The Labute approximate surface area is 191 Å². The van der Waals surface area contributed by atoms with E-state index in [4.69, 9.17) is 20.3 Å². The number of aromatic nitrogens is 5. The van der Waals surface area contributed by atoms with Crippen molar-refractivity contribution < 1.29 is 14.3 Å². The third kappa shape index (κ3) is 3.82. The number of fused-ring (bicyclic) bond motifs is 3. The monoisotopic (exact) mass is 448 g/mol. The Hall–Kier alpha value is -3.46. The van der Waals surface area contributed by atoms with Crippen LogP contribution in [0.2, 0.25) is 0 Å². The van der Waals surface area contributed by atoms with Gasteiger partial charge in [-0.05, 0) is 50.8 Å². The Morgan fingerprint density at radius 1 is 1.27 bits per heavy atom. The molecule has 0 saturated carbocycles. The second kappa shape index (κ2) is 8.82. The number of carbonyl (C=O) groups is 1. The molecule has 33 heavy (non-hydrogen) atoms. The molecule has 0 spiro atoms. The minimum Gasteiger partial charge on any atom is -0.464 e. The van der Waals surface area contributed by atoms with Gasteiger partial charge in [-0.3, -0.25) is 4.68 Å². The lowest BCUT2D eigenvalue weighted by Crippen LogP contribution is -2.21. The maximum absolute atomic E-state index is 12.4. The van der Waals surface area contributed by atoms with Crippen LogP contribution in [0.3, 0.4) is 0 Å². The third-order valence-electron chi connectivity index (χ3n) is 6.16. The quantitative estimate of drug-likeness (QED) is 0.439. The van der Waals surface area contributed by atoms with E-state index in [1.54, 1.807) is 24.0 Å². The molecule has 9 heteroatoms. The van der Waals surface area contributed by atoms with Crippen LogP contribution in [-0.4, -0.2) is 43.7 Å². The van der Waals surface area contributed by atoms with E-state index in [9.17, 15) is 4.79 Å². The Bertz CT molecular complexity index is 1300. The Morgan fingerprint density at radius 3 is 2.91 bits per heavy atom. The minimum absolute atomic E-state index is 0.0514. The second-order valence-corrected chi connectivity index (χ2v) is 8.26. The van der Waals surface area contributed by atoms with Gasteiger partial charge in [-0.25, -0.2) is 14.5 Å². The summed E-state index contributed by atoms with van der Waals surface area (Å²) >= 11 is 0. The topological polar surface area (TPSA) is 110 Å². The molecule has 5 rings (SSSR count). The van der Waals surface area contributed by atoms with Crippen LogP contribution in [0, 0.1) is 0 Å². The highest BCUT2D eigenvalue weighted by Gasteiger charge is 2.23. The predicted octanol–water partition coefficient (Wildman–Crippen LogP) is 4.24. The highest BCUT2D eigenvalue weighted by atomic mass is 16.5. The molecule has 9 nitrogen and oxygen atoms in total. The molecule has 2 N–H and O–H groups in total. The average Bonchev–Trinajstić information content (AvgIpc) is 3.48. The van der Waals surface area contributed by atoms with Crippen molar-refractivity contribution in [3.05, 3.63) is 36.7 Å². The van der Waals surface area contributed by atoms with Crippen LogP contribution in [0.25, 0.3) is 33.1 Å². The zero-order chi connectivity index (χ0) is 22.9. The lowest BCUT2D eigenvalue weighted by molar-refractivity contribution is -0.147. The molecule has 1 fully saturated rings. The van der Waals surface area contributed by atoms with Crippen molar-refractivity contribution in [3.8, 4) is 11.3 Å². The number of hydrogen-bond acceptors (Lipinski definition) is 7. The number of anilines is 1. The van der Waals surface area contributed by atoms with Crippen molar-refractivity contribution in [3.63, 3.8) is 0 Å². The minimum atomic E-state index is -0.504. The molecular formula is C24H28N6O3. The van der Waals surface area contributed by atoms with E-state index in [1.807, 2.05) is 35.9 Å². The molecule has 172 valence electrons. The number of pyridine rings is 1. The Morgan fingerprint density at radius 2 is 2.15 bits per heavy atom. The first-order chi connectivity index (χ1) is 16.1. The van der Waals surface area contributed by atoms with Gasteiger partial charge < -0.3 is 15.2 Å². The first-order valence-electron chi connectivity index (χ1n) is 11.5. The molecule has 4 heterocycles.